The topological polar surface area (TPSA) is 35.5 Å². The molecule has 0 saturated heterocycles. The van der Waals surface area contributed by atoms with Crippen molar-refractivity contribution >= 4 is 17.6 Å². The lowest BCUT2D eigenvalue weighted by atomic mass is 9.91. The lowest BCUT2D eigenvalue weighted by molar-refractivity contribution is -0.154. The van der Waals surface area contributed by atoms with Gasteiger partial charge in [-0.25, -0.2) is 0 Å². The Morgan fingerprint density at radius 3 is 2.45 bits per heavy atom. The Morgan fingerprint density at radius 2 is 1.68 bits per heavy atom. The third kappa shape index (κ3) is 6.72. The van der Waals surface area contributed by atoms with Gasteiger partial charge in [0, 0.05) is 0 Å². The van der Waals surface area contributed by atoms with E-state index in [9.17, 15) is 4.79 Å². The second-order valence-electron chi connectivity index (χ2n) is 9.03. The number of carbonyl (C=O) groups is 1. The standard InChI is InChI=1S/C28H36O3/c1-4-28(2,3)27(29)31-20-9-5-8-19-30-26-17-15-23(16-18-26)25-14-10-13-22-11-6-7-12-24(22)21-25/h6-7,11-12,15-18,21H,4-5,8-10,13-14,19-20H2,1-3H3. The highest BCUT2D eigenvalue weighted by molar-refractivity contribution is 5.83. The van der Waals surface area contributed by atoms with Crippen molar-refractivity contribution in [1.82, 2.24) is 0 Å². The predicted octanol–water partition coefficient (Wildman–Crippen LogP) is 7.09. The first kappa shape index (κ1) is 23.1. The normalized spacial score (nSPS) is 13.7. The molecule has 0 fully saturated rings. The average Bonchev–Trinajstić information content (AvgIpc) is 3.01. The first-order valence-corrected chi connectivity index (χ1v) is 11.7. The van der Waals surface area contributed by atoms with E-state index < -0.39 is 0 Å². The number of carbonyl (C=O) groups excluding carboxylic acids is 1. The van der Waals surface area contributed by atoms with Crippen LogP contribution in [0.4, 0.5) is 0 Å². The van der Waals surface area contributed by atoms with Gasteiger partial charge in [-0.2, -0.15) is 0 Å². The summed E-state index contributed by atoms with van der Waals surface area (Å²) >= 11 is 0. The minimum atomic E-state index is -0.383. The molecule has 166 valence electrons. The van der Waals surface area contributed by atoms with E-state index in [1.807, 2.05) is 20.8 Å². The fourth-order valence-corrected chi connectivity index (χ4v) is 3.70. The second-order valence-corrected chi connectivity index (χ2v) is 9.03. The monoisotopic (exact) mass is 420 g/mol. The van der Waals surface area contributed by atoms with Crippen LogP contribution in [0.1, 0.15) is 76.0 Å². The van der Waals surface area contributed by atoms with Crippen LogP contribution in [0, 0.1) is 5.41 Å². The number of esters is 1. The molecule has 0 amide bonds. The van der Waals surface area contributed by atoms with Crippen molar-refractivity contribution in [2.24, 2.45) is 5.41 Å². The molecule has 31 heavy (non-hydrogen) atoms. The van der Waals surface area contributed by atoms with Gasteiger partial charge in [-0.05, 0) is 93.2 Å². The molecule has 3 nitrogen and oxygen atoms in total. The molecule has 3 heteroatoms. The maximum absolute atomic E-state index is 11.9. The zero-order valence-electron chi connectivity index (χ0n) is 19.3. The number of aryl methyl sites for hydroxylation is 1. The number of rotatable bonds is 10. The fourth-order valence-electron chi connectivity index (χ4n) is 3.70. The van der Waals surface area contributed by atoms with E-state index in [1.165, 1.54) is 28.7 Å². The molecule has 0 aliphatic heterocycles. The molecule has 0 heterocycles. The van der Waals surface area contributed by atoms with Crippen LogP contribution >= 0.6 is 0 Å². The number of hydrogen-bond acceptors (Lipinski definition) is 3. The summed E-state index contributed by atoms with van der Waals surface area (Å²) in [6, 6.07) is 17.2. The second kappa shape index (κ2) is 11.2. The van der Waals surface area contributed by atoms with E-state index >= 15 is 0 Å². The maximum Gasteiger partial charge on any atom is 0.311 e. The van der Waals surface area contributed by atoms with Crippen molar-refractivity contribution in [2.45, 2.75) is 65.7 Å². The average molecular weight is 421 g/mol. The van der Waals surface area contributed by atoms with Crippen molar-refractivity contribution in [3.8, 4) is 5.75 Å². The summed E-state index contributed by atoms with van der Waals surface area (Å²) in [5, 5.41) is 0. The fraction of sp³-hybridized carbons (Fsp3) is 0.464. The Kier molecular flexibility index (Phi) is 8.34. The van der Waals surface area contributed by atoms with Crippen LogP contribution in [-0.2, 0) is 16.0 Å². The molecule has 0 atom stereocenters. The van der Waals surface area contributed by atoms with Gasteiger partial charge < -0.3 is 9.47 Å². The van der Waals surface area contributed by atoms with E-state index in [2.05, 4.69) is 54.6 Å². The Balaban J connectivity index is 1.40. The number of hydrogen-bond donors (Lipinski definition) is 0. The molecule has 2 aromatic rings. The largest absolute Gasteiger partial charge is 0.494 e. The van der Waals surface area contributed by atoms with E-state index in [0.717, 1.165) is 44.3 Å². The molecule has 0 N–H and O–H groups in total. The van der Waals surface area contributed by atoms with Crippen LogP contribution in [0.3, 0.4) is 0 Å². The maximum atomic E-state index is 11.9. The van der Waals surface area contributed by atoms with Crippen LogP contribution in [-0.4, -0.2) is 19.2 Å². The third-order valence-electron chi connectivity index (χ3n) is 6.23. The van der Waals surface area contributed by atoms with Crippen LogP contribution < -0.4 is 4.74 Å². The zero-order valence-corrected chi connectivity index (χ0v) is 19.3. The van der Waals surface area contributed by atoms with Crippen LogP contribution in [0.2, 0.25) is 0 Å². The number of unbranched alkanes of at least 4 members (excludes halogenated alkanes) is 2. The smallest absolute Gasteiger partial charge is 0.311 e. The zero-order chi connectivity index (χ0) is 22.1. The van der Waals surface area contributed by atoms with Gasteiger partial charge in [-0.3, -0.25) is 4.79 Å². The highest BCUT2D eigenvalue weighted by Crippen LogP contribution is 2.30. The van der Waals surface area contributed by atoms with Crippen LogP contribution in [0.25, 0.3) is 11.6 Å². The highest BCUT2D eigenvalue weighted by atomic mass is 16.5. The van der Waals surface area contributed by atoms with E-state index in [-0.39, 0.29) is 11.4 Å². The molecule has 0 unspecified atom stereocenters. The molecule has 0 spiro atoms. The van der Waals surface area contributed by atoms with E-state index in [0.29, 0.717) is 13.2 Å². The summed E-state index contributed by atoms with van der Waals surface area (Å²) in [6.07, 6.45) is 9.40. The van der Waals surface area contributed by atoms with Gasteiger partial charge in [0.2, 0.25) is 0 Å². The summed E-state index contributed by atoms with van der Waals surface area (Å²) in [5.41, 5.74) is 5.09. The van der Waals surface area contributed by atoms with Crippen molar-refractivity contribution in [2.75, 3.05) is 13.2 Å². The summed E-state index contributed by atoms with van der Waals surface area (Å²) in [7, 11) is 0. The molecule has 2 aromatic carbocycles. The van der Waals surface area contributed by atoms with Crippen molar-refractivity contribution in [3.05, 3.63) is 65.2 Å². The van der Waals surface area contributed by atoms with Gasteiger partial charge in [-0.15, -0.1) is 0 Å². The molecule has 1 aliphatic carbocycles. The van der Waals surface area contributed by atoms with Gasteiger partial charge in [0.25, 0.3) is 0 Å². The van der Waals surface area contributed by atoms with Crippen LogP contribution in [0.15, 0.2) is 48.5 Å². The molecule has 0 radical (unpaired) electrons. The summed E-state index contributed by atoms with van der Waals surface area (Å²) in [5.74, 6) is 0.813. The molecular formula is C28H36O3. The summed E-state index contributed by atoms with van der Waals surface area (Å²) < 4.78 is 11.3. The predicted molar refractivity (Wildman–Crippen MR) is 128 cm³/mol. The molecule has 0 saturated carbocycles. The van der Waals surface area contributed by atoms with Crippen molar-refractivity contribution < 1.29 is 14.3 Å². The summed E-state index contributed by atoms with van der Waals surface area (Å²) in [4.78, 5) is 11.9. The Hall–Kier alpha value is -2.55. The van der Waals surface area contributed by atoms with Crippen LogP contribution in [0.5, 0.6) is 5.75 Å². The molecule has 3 rings (SSSR count). The van der Waals surface area contributed by atoms with Gasteiger partial charge in [-0.1, -0.05) is 49.4 Å². The van der Waals surface area contributed by atoms with Gasteiger partial charge in [0.1, 0.15) is 5.75 Å². The van der Waals surface area contributed by atoms with E-state index in [1.54, 1.807) is 0 Å². The summed E-state index contributed by atoms with van der Waals surface area (Å²) in [6.45, 7) is 7.05. The minimum absolute atomic E-state index is 0.0985. The third-order valence-corrected chi connectivity index (χ3v) is 6.23. The van der Waals surface area contributed by atoms with Gasteiger partial charge in [0.05, 0.1) is 18.6 Å². The Morgan fingerprint density at radius 1 is 0.935 bits per heavy atom. The minimum Gasteiger partial charge on any atom is -0.494 e. The number of benzene rings is 2. The number of allylic oxidation sites excluding steroid dienone is 1. The number of fused-ring (bicyclic) bond motifs is 1. The first-order chi connectivity index (χ1) is 15.0. The van der Waals surface area contributed by atoms with Crippen molar-refractivity contribution in [1.29, 1.82) is 0 Å². The number of ether oxygens (including phenoxy) is 2. The Bertz CT molecular complexity index is 877. The molecule has 0 bridgehead atoms. The lowest BCUT2D eigenvalue weighted by Crippen LogP contribution is -2.26. The highest BCUT2D eigenvalue weighted by Gasteiger charge is 2.26. The lowest BCUT2D eigenvalue weighted by Gasteiger charge is -2.20. The molecule has 1 aliphatic rings. The van der Waals surface area contributed by atoms with Crippen molar-refractivity contribution in [3.63, 3.8) is 0 Å². The molecule has 0 aromatic heterocycles. The SMILES string of the molecule is CCC(C)(C)C(=O)OCCCCCOc1ccc(C2=Cc3ccccc3CCC2)cc1. The Labute approximate surface area is 187 Å². The molecular weight excluding hydrogens is 384 g/mol. The van der Waals surface area contributed by atoms with Gasteiger partial charge >= 0.3 is 5.97 Å². The van der Waals surface area contributed by atoms with Gasteiger partial charge in [0.15, 0.2) is 0 Å². The first-order valence-electron chi connectivity index (χ1n) is 11.7. The van der Waals surface area contributed by atoms with E-state index in [4.69, 9.17) is 9.47 Å². The quantitative estimate of drug-likeness (QED) is 0.304.